The fourth-order valence-electron chi connectivity index (χ4n) is 1.92. The van der Waals surface area contributed by atoms with E-state index in [4.69, 9.17) is 5.73 Å². The zero-order valence-electron chi connectivity index (χ0n) is 11.8. The molecule has 2 aromatic carbocycles. The summed E-state index contributed by atoms with van der Waals surface area (Å²) < 4.78 is 12.8. The van der Waals surface area contributed by atoms with Gasteiger partial charge in [0.05, 0.1) is 11.4 Å². The Morgan fingerprint density at radius 2 is 1.90 bits per heavy atom. The first-order valence-corrected chi connectivity index (χ1v) is 6.70. The first-order valence-electron chi connectivity index (χ1n) is 6.70. The summed E-state index contributed by atoms with van der Waals surface area (Å²) in [4.78, 5) is 11.8. The van der Waals surface area contributed by atoms with Crippen LogP contribution in [0.3, 0.4) is 0 Å². The van der Waals surface area contributed by atoms with E-state index >= 15 is 0 Å². The number of hydrogen-bond donors (Lipinski definition) is 3. The smallest absolute Gasteiger partial charge is 0.319 e. The molecule has 0 radical (unpaired) electrons. The third-order valence-corrected chi connectivity index (χ3v) is 3.07. The summed E-state index contributed by atoms with van der Waals surface area (Å²) in [6.45, 7) is 2.39. The third kappa shape index (κ3) is 4.49. The van der Waals surface area contributed by atoms with Crippen LogP contribution in [-0.4, -0.2) is 12.6 Å². The Kier molecular flexibility index (Phi) is 4.77. The number of carbonyl (C=O) groups excluding carboxylic acids is 1. The molecule has 2 amide bonds. The van der Waals surface area contributed by atoms with Crippen molar-refractivity contribution in [2.45, 2.75) is 13.3 Å². The fraction of sp³-hybridized carbons (Fsp3) is 0.188. The van der Waals surface area contributed by atoms with E-state index in [9.17, 15) is 9.18 Å². The molecule has 4 N–H and O–H groups in total. The highest BCUT2D eigenvalue weighted by atomic mass is 19.1. The highest BCUT2D eigenvalue weighted by Gasteiger charge is 2.04. The van der Waals surface area contributed by atoms with Crippen LogP contribution in [0.4, 0.5) is 20.6 Å². The zero-order valence-corrected chi connectivity index (χ0v) is 11.8. The minimum atomic E-state index is -0.311. The van der Waals surface area contributed by atoms with Crippen molar-refractivity contribution in [1.29, 1.82) is 0 Å². The molecule has 0 atom stereocenters. The molecule has 2 aromatic rings. The molecule has 110 valence electrons. The maximum Gasteiger partial charge on any atom is 0.319 e. The van der Waals surface area contributed by atoms with Crippen LogP contribution in [0.15, 0.2) is 42.5 Å². The van der Waals surface area contributed by atoms with E-state index in [1.165, 1.54) is 12.1 Å². The van der Waals surface area contributed by atoms with Crippen LogP contribution in [0.5, 0.6) is 0 Å². The van der Waals surface area contributed by atoms with Gasteiger partial charge in [-0.1, -0.05) is 18.2 Å². The zero-order chi connectivity index (χ0) is 15.2. The standard InChI is InChI=1S/C16H18FN3O/c1-11-2-7-14(18)15(10-11)20-16(21)19-9-8-12-3-5-13(17)6-4-12/h2-7,10H,8-9,18H2,1H3,(H2,19,20,21). The lowest BCUT2D eigenvalue weighted by atomic mass is 10.1. The van der Waals surface area contributed by atoms with Gasteiger partial charge >= 0.3 is 6.03 Å². The van der Waals surface area contributed by atoms with Gasteiger partial charge in [0.2, 0.25) is 0 Å². The number of hydrogen-bond acceptors (Lipinski definition) is 2. The van der Waals surface area contributed by atoms with Crippen molar-refractivity contribution in [2.24, 2.45) is 0 Å². The monoisotopic (exact) mass is 287 g/mol. The summed E-state index contributed by atoms with van der Waals surface area (Å²) in [5.74, 6) is -0.264. The molecule has 0 spiro atoms. The Labute approximate surface area is 123 Å². The summed E-state index contributed by atoms with van der Waals surface area (Å²) >= 11 is 0. The normalized spacial score (nSPS) is 10.2. The number of benzene rings is 2. The number of urea groups is 1. The Hall–Kier alpha value is -2.56. The number of anilines is 2. The largest absolute Gasteiger partial charge is 0.397 e. The Morgan fingerprint density at radius 1 is 1.19 bits per heavy atom. The van der Waals surface area contributed by atoms with Gasteiger partial charge in [-0.05, 0) is 48.7 Å². The summed E-state index contributed by atoms with van der Waals surface area (Å²) in [6.07, 6.45) is 0.636. The first-order chi connectivity index (χ1) is 10.0. The first kappa shape index (κ1) is 14.8. The van der Waals surface area contributed by atoms with Gasteiger partial charge in [0.1, 0.15) is 5.82 Å². The van der Waals surface area contributed by atoms with E-state index in [2.05, 4.69) is 10.6 Å². The quantitative estimate of drug-likeness (QED) is 0.756. The summed E-state index contributed by atoms with van der Waals surface area (Å²) in [7, 11) is 0. The highest BCUT2D eigenvalue weighted by Crippen LogP contribution is 2.19. The van der Waals surface area contributed by atoms with E-state index in [-0.39, 0.29) is 11.8 Å². The maximum absolute atomic E-state index is 12.8. The minimum absolute atomic E-state index is 0.264. The number of halogens is 1. The van der Waals surface area contributed by atoms with Crippen molar-refractivity contribution in [3.63, 3.8) is 0 Å². The van der Waals surface area contributed by atoms with Crippen molar-refractivity contribution in [3.8, 4) is 0 Å². The summed E-state index contributed by atoms with van der Waals surface area (Å²) in [6, 6.07) is 11.4. The number of rotatable bonds is 4. The SMILES string of the molecule is Cc1ccc(N)c(NC(=O)NCCc2ccc(F)cc2)c1. The van der Waals surface area contributed by atoms with E-state index in [0.29, 0.717) is 24.3 Å². The molecule has 0 unspecified atom stereocenters. The van der Waals surface area contributed by atoms with Gasteiger partial charge in [-0.25, -0.2) is 9.18 Å². The minimum Gasteiger partial charge on any atom is -0.397 e. The molecular weight excluding hydrogens is 269 g/mol. The third-order valence-electron chi connectivity index (χ3n) is 3.07. The van der Waals surface area contributed by atoms with Crippen molar-refractivity contribution < 1.29 is 9.18 Å². The van der Waals surface area contributed by atoms with E-state index < -0.39 is 0 Å². The van der Waals surface area contributed by atoms with Crippen molar-refractivity contribution in [2.75, 3.05) is 17.6 Å². The Bertz CT molecular complexity index is 626. The second kappa shape index (κ2) is 6.74. The van der Waals surface area contributed by atoms with E-state index in [1.54, 1.807) is 18.2 Å². The lowest BCUT2D eigenvalue weighted by Crippen LogP contribution is -2.30. The maximum atomic E-state index is 12.8. The molecule has 0 aliphatic heterocycles. The molecule has 0 heterocycles. The molecule has 21 heavy (non-hydrogen) atoms. The van der Waals surface area contributed by atoms with Gasteiger partial charge in [-0.3, -0.25) is 0 Å². The molecule has 5 heteroatoms. The number of nitrogen functional groups attached to an aromatic ring is 1. The van der Waals surface area contributed by atoms with Crippen LogP contribution in [0.1, 0.15) is 11.1 Å². The molecule has 0 saturated carbocycles. The van der Waals surface area contributed by atoms with E-state index in [0.717, 1.165) is 11.1 Å². The van der Waals surface area contributed by atoms with Gasteiger partial charge < -0.3 is 16.4 Å². The van der Waals surface area contributed by atoms with Gasteiger partial charge in [0.15, 0.2) is 0 Å². The van der Waals surface area contributed by atoms with Crippen LogP contribution in [-0.2, 0) is 6.42 Å². The predicted molar refractivity (Wildman–Crippen MR) is 82.7 cm³/mol. The molecule has 2 rings (SSSR count). The number of carbonyl (C=O) groups is 1. The van der Waals surface area contributed by atoms with Gasteiger partial charge in [0.25, 0.3) is 0 Å². The molecule has 0 bridgehead atoms. The van der Waals surface area contributed by atoms with Crippen LogP contribution in [0.25, 0.3) is 0 Å². The molecule has 0 aromatic heterocycles. The fourth-order valence-corrected chi connectivity index (χ4v) is 1.92. The predicted octanol–water partition coefficient (Wildman–Crippen LogP) is 3.08. The summed E-state index contributed by atoms with van der Waals surface area (Å²) in [5.41, 5.74) is 8.89. The lowest BCUT2D eigenvalue weighted by Gasteiger charge is -2.10. The number of nitrogens with one attached hydrogen (secondary N) is 2. The van der Waals surface area contributed by atoms with Crippen molar-refractivity contribution >= 4 is 17.4 Å². The number of amides is 2. The van der Waals surface area contributed by atoms with Crippen LogP contribution >= 0.6 is 0 Å². The second-order valence-electron chi connectivity index (χ2n) is 4.85. The molecule has 4 nitrogen and oxygen atoms in total. The van der Waals surface area contributed by atoms with Gasteiger partial charge in [0, 0.05) is 6.54 Å². The number of nitrogens with two attached hydrogens (primary N) is 1. The van der Waals surface area contributed by atoms with Gasteiger partial charge in [-0.15, -0.1) is 0 Å². The molecule has 0 aliphatic rings. The van der Waals surface area contributed by atoms with Gasteiger partial charge in [-0.2, -0.15) is 0 Å². The average molecular weight is 287 g/mol. The van der Waals surface area contributed by atoms with Crippen molar-refractivity contribution in [1.82, 2.24) is 5.32 Å². The Morgan fingerprint density at radius 3 is 2.62 bits per heavy atom. The van der Waals surface area contributed by atoms with Crippen molar-refractivity contribution in [3.05, 3.63) is 59.4 Å². The van der Waals surface area contributed by atoms with Crippen LogP contribution in [0, 0.1) is 12.7 Å². The molecule has 0 fully saturated rings. The Balaban J connectivity index is 1.82. The average Bonchev–Trinajstić information content (AvgIpc) is 2.45. The van der Waals surface area contributed by atoms with Crippen LogP contribution in [0.2, 0.25) is 0 Å². The molecule has 0 aliphatic carbocycles. The molecule has 0 saturated heterocycles. The van der Waals surface area contributed by atoms with Crippen LogP contribution < -0.4 is 16.4 Å². The lowest BCUT2D eigenvalue weighted by molar-refractivity contribution is 0.252. The molecular formula is C16H18FN3O. The second-order valence-corrected chi connectivity index (χ2v) is 4.85. The topological polar surface area (TPSA) is 67.1 Å². The highest BCUT2D eigenvalue weighted by molar-refractivity contribution is 5.92. The number of aryl methyl sites for hydroxylation is 1. The summed E-state index contributed by atoms with van der Waals surface area (Å²) in [5, 5.41) is 5.45. The van der Waals surface area contributed by atoms with E-state index in [1.807, 2.05) is 19.1 Å².